The molecule has 0 aliphatic carbocycles. The molecule has 2 aromatic heterocycles. The van der Waals surface area contributed by atoms with E-state index in [1.54, 1.807) is 36.2 Å². The molecule has 1 amide bonds. The molecule has 0 fully saturated rings. The quantitative estimate of drug-likeness (QED) is 0.724. The molecule has 0 spiro atoms. The predicted molar refractivity (Wildman–Crippen MR) is 88.5 cm³/mol. The first-order valence-corrected chi connectivity index (χ1v) is 7.52. The van der Waals surface area contributed by atoms with Crippen LogP contribution in [-0.4, -0.2) is 34.2 Å². The van der Waals surface area contributed by atoms with Crippen LogP contribution in [0.1, 0.15) is 16.9 Å². The van der Waals surface area contributed by atoms with Gasteiger partial charge in [-0.3, -0.25) is 4.79 Å². The summed E-state index contributed by atoms with van der Waals surface area (Å²) in [5.41, 5.74) is 1.79. The first-order valence-electron chi connectivity index (χ1n) is 7.52. The lowest BCUT2D eigenvalue weighted by Crippen LogP contribution is -2.29. The van der Waals surface area contributed by atoms with Crippen LogP contribution in [0.4, 0.5) is 0 Å². The van der Waals surface area contributed by atoms with E-state index in [0.717, 1.165) is 5.69 Å². The van der Waals surface area contributed by atoms with E-state index < -0.39 is 0 Å². The van der Waals surface area contributed by atoms with Gasteiger partial charge in [0.15, 0.2) is 5.76 Å². The summed E-state index contributed by atoms with van der Waals surface area (Å²) >= 11 is 0. The van der Waals surface area contributed by atoms with E-state index in [4.69, 9.17) is 9.68 Å². The van der Waals surface area contributed by atoms with Crippen molar-refractivity contribution in [1.82, 2.24) is 14.7 Å². The van der Waals surface area contributed by atoms with Gasteiger partial charge in [0.1, 0.15) is 11.4 Å². The highest BCUT2D eigenvalue weighted by atomic mass is 16.3. The Morgan fingerprint density at radius 3 is 2.75 bits per heavy atom. The Morgan fingerprint density at radius 2 is 2.08 bits per heavy atom. The summed E-state index contributed by atoms with van der Waals surface area (Å²) in [6.45, 7) is 0.366. The van der Waals surface area contributed by atoms with Gasteiger partial charge in [0.2, 0.25) is 0 Å². The molecule has 6 heteroatoms. The summed E-state index contributed by atoms with van der Waals surface area (Å²) in [6, 6.07) is 16.8. The normalized spacial score (nSPS) is 10.3. The van der Waals surface area contributed by atoms with Gasteiger partial charge in [0, 0.05) is 19.7 Å². The van der Waals surface area contributed by atoms with Crippen LogP contribution < -0.4 is 0 Å². The largest absolute Gasteiger partial charge is 0.463 e. The zero-order chi connectivity index (χ0) is 16.9. The molecule has 0 saturated carbocycles. The van der Waals surface area contributed by atoms with Crippen LogP contribution >= 0.6 is 0 Å². The minimum atomic E-state index is -0.195. The van der Waals surface area contributed by atoms with Gasteiger partial charge in [0.25, 0.3) is 5.91 Å². The number of hydrogen-bond donors (Lipinski definition) is 0. The lowest BCUT2D eigenvalue weighted by Gasteiger charge is -2.16. The van der Waals surface area contributed by atoms with E-state index in [0.29, 0.717) is 23.7 Å². The van der Waals surface area contributed by atoms with Crippen molar-refractivity contribution < 1.29 is 9.21 Å². The molecule has 2 heterocycles. The van der Waals surface area contributed by atoms with Gasteiger partial charge in [-0.25, -0.2) is 4.68 Å². The fraction of sp³-hybridized carbons (Fsp3) is 0.167. The lowest BCUT2D eigenvalue weighted by molar-refractivity contribution is 0.0789. The van der Waals surface area contributed by atoms with Crippen molar-refractivity contribution in [2.45, 2.75) is 6.42 Å². The van der Waals surface area contributed by atoms with Gasteiger partial charge in [-0.1, -0.05) is 18.2 Å². The highest BCUT2D eigenvalue weighted by molar-refractivity contribution is 5.94. The molecular formula is C18H16N4O2. The van der Waals surface area contributed by atoms with Gasteiger partial charge < -0.3 is 9.32 Å². The molecule has 0 aliphatic rings. The van der Waals surface area contributed by atoms with E-state index in [2.05, 4.69) is 5.10 Å². The number of benzene rings is 1. The van der Waals surface area contributed by atoms with Crippen molar-refractivity contribution in [3.05, 3.63) is 60.5 Å². The first-order chi connectivity index (χ1) is 11.7. The van der Waals surface area contributed by atoms with Crippen molar-refractivity contribution >= 4 is 5.91 Å². The van der Waals surface area contributed by atoms with Crippen LogP contribution in [0.2, 0.25) is 0 Å². The van der Waals surface area contributed by atoms with Gasteiger partial charge in [0.05, 0.1) is 24.4 Å². The molecule has 3 aromatic rings. The Labute approximate surface area is 139 Å². The standard InChI is InChI=1S/C18H16N4O2/c1-21(11-6-10-19)18(23)16-13-15(17-9-5-12-24-17)20-22(16)14-7-3-2-4-8-14/h2-5,7-9,12-13H,6,11H2,1H3. The van der Waals surface area contributed by atoms with E-state index in [1.807, 2.05) is 36.4 Å². The van der Waals surface area contributed by atoms with Gasteiger partial charge >= 0.3 is 0 Å². The first kappa shape index (κ1) is 15.6. The number of aromatic nitrogens is 2. The highest BCUT2D eigenvalue weighted by Gasteiger charge is 2.21. The molecule has 3 rings (SSSR count). The van der Waals surface area contributed by atoms with E-state index in [1.165, 1.54) is 4.90 Å². The van der Waals surface area contributed by atoms with Crippen molar-refractivity contribution in [3.63, 3.8) is 0 Å². The Morgan fingerprint density at radius 1 is 1.29 bits per heavy atom. The van der Waals surface area contributed by atoms with Crippen LogP contribution in [0.25, 0.3) is 17.1 Å². The molecule has 6 nitrogen and oxygen atoms in total. The Bertz CT molecular complexity index is 860. The number of furan rings is 1. The van der Waals surface area contributed by atoms with Crippen molar-refractivity contribution in [2.24, 2.45) is 0 Å². The van der Waals surface area contributed by atoms with Crippen molar-refractivity contribution in [1.29, 1.82) is 5.26 Å². The van der Waals surface area contributed by atoms with Crippen LogP contribution in [-0.2, 0) is 0 Å². The van der Waals surface area contributed by atoms with E-state index in [-0.39, 0.29) is 12.3 Å². The SMILES string of the molecule is CN(CCC#N)C(=O)c1cc(-c2ccco2)nn1-c1ccccc1. The molecule has 0 saturated heterocycles. The van der Waals surface area contributed by atoms with Crippen LogP contribution in [0.5, 0.6) is 0 Å². The third-order valence-corrected chi connectivity index (χ3v) is 3.61. The average Bonchev–Trinajstić information content (AvgIpc) is 3.28. The molecular weight excluding hydrogens is 304 g/mol. The molecule has 0 bridgehead atoms. The second-order valence-corrected chi connectivity index (χ2v) is 5.27. The second-order valence-electron chi connectivity index (χ2n) is 5.27. The molecule has 0 radical (unpaired) electrons. The van der Waals surface area contributed by atoms with Crippen molar-refractivity contribution in [3.8, 4) is 23.2 Å². The molecule has 0 aliphatic heterocycles. The number of carbonyl (C=O) groups is 1. The Kier molecular flexibility index (Phi) is 4.43. The fourth-order valence-corrected chi connectivity index (χ4v) is 2.36. The summed E-state index contributed by atoms with van der Waals surface area (Å²) in [6.07, 6.45) is 1.85. The van der Waals surface area contributed by atoms with Gasteiger partial charge in [-0.2, -0.15) is 10.4 Å². The third-order valence-electron chi connectivity index (χ3n) is 3.61. The molecule has 0 atom stereocenters. The predicted octanol–water partition coefficient (Wildman–Crippen LogP) is 3.12. The summed E-state index contributed by atoms with van der Waals surface area (Å²) in [5, 5.41) is 13.2. The maximum atomic E-state index is 12.8. The van der Waals surface area contributed by atoms with Gasteiger partial charge in [-0.05, 0) is 24.3 Å². The summed E-state index contributed by atoms with van der Waals surface area (Å²) in [4.78, 5) is 14.3. The summed E-state index contributed by atoms with van der Waals surface area (Å²) < 4.78 is 6.99. The Hall–Kier alpha value is -3.33. The third kappa shape index (κ3) is 3.06. The number of nitrogens with zero attached hydrogens (tertiary/aromatic N) is 4. The summed E-state index contributed by atoms with van der Waals surface area (Å²) in [7, 11) is 1.68. The smallest absolute Gasteiger partial charge is 0.272 e. The Balaban J connectivity index is 2.03. The van der Waals surface area contributed by atoms with E-state index >= 15 is 0 Å². The topological polar surface area (TPSA) is 75.1 Å². The number of hydrogen-bond acceptors (Lipinski definition) is 4. The molecule has 24 heavy (non-hydrogen) atoms. The maximum Gasteiger partial charge on any atom is 0.272 e. The van der Waals surface area contributed by atoms with Crippen molar-refractivity contribution in [2.75, 3.05) is 13.6 Å². The second kappa shape index (κ2) is 6.84. The number of nitriles is 1. The van der Waals surface area contributed by atoms with E-state index in [9.17, 15) is 4.79 Å². The number of para-hydroxylation sites is 1. The number of rotatable bonds is 5. The molecule has 0 N–H and O–H groups in total. The van der Waals surface area contributed by atoms with Crippen LogP contribution in [0.15, 0.2) is 59.2 Å². The number of carbonyl (C=O) groups excluding carboxylic acids is 1. The molecule has 0 unspecified atom stereocenters. The molecule has 1 aromatic carbocycles. The van der Waals surface area contributed by atoms with Gasteiger partial charge in [-0.15, -0.1) is 0 Å². The lowest BCUT2D eigenvalue weighted by atomic mass is 10.2. The molecule has 120 valence electrons. The van der Waals surface area contributed by atoms with Crippen LogP contribution in [0, 0.1) is 11.3 Å². The zero-order valence-corrected chi connectivity index (χ0v) is 13.2. The minimum absolute atomic E-state index is 0.195. The monoisotopic (exact) mass is 320 g/mol. The van der Waals surface area contributed by atoms with Crippen LogP contribution in [0.3, 0.4) is 0 Å². The minimum Gasteiger partial charge on any atom is -0.463 e. The maximum absolute atomic E-state index is 12.8. The average molecular weight is 320 g/mol. The fourth-order valence-electron chi connectivity index (χ4n) is 2.36. The number of amides is 1. The highest BCUT2D eigenvalue weighted by Crippen LogP contribution is 2.23. The zero-order valence-electron chi connectivity index (χ0n) is 13.2. The summed E-state index contributed by atoms with van der Waals surface area (Å²) in [5.74, 6) is 0.401.